The zero-order chi connectivity index (χ0) is 17.6. The van der Waals surface area contributed by atoms with Crippen LogP contribution in [-0.4, -0.2) is 41.0 Å². The molecule has 6 nitrogen and oxygen atoms in total. The van der Waals surface area contributed by atoms with E-state index >= 15 is 0 Å². The summed E-state index contributed by atoms with van der Waals surface area (Å²) in [7, 11) is 3.36. The molecule has 1 aromatic heterocycles. The summed E-state index contributed by atoms with van der Waals surface area (Å²) in [6.45, 7) is 0.437. The van der Waals surface area contributed by atoms with Gasteiger partial charge < -0.3 is 10.1 Å². The van der Waals surface area contributed by atoms with Crippen LogP contribution in [0.5, 0.6) is 5.75 Å². The lowest BCUT2D eigenvalue weighted by Crippen LogP contribution is -2.39. The Hall–Kier alpha value is -2.54. The quantitative estimate of drug-likeness (QED) is 0.914. The number of pyridine rings is 1. The van der Waals surface area contributed by atoms with Gasteiger partial charge in [0.15, 0.2) is 5.17 Å². The Kier molecular flexibility index (Phi) is 5.55. The summed E-state index contributed by atoms with van der Waals surface area (Å²) in [6, 6.07) is 11.4. The molecule has 0 fully saturated rings. The summed E-state index contributed by atoms with van der Waals surface area (Å²) in [6.07, 6.45) is 3.52. The number of amidine groups is 1. The number of methoxy groups -OCH3 is 1. The fourth-order valence-electron chi connectivity index (χ4n) is 2.47. The van der Waals surface area contributed by atoms with E-state index in [1.807, 2.05) is 36.4 Å². The van der Waals surface area contributed by atoms with Crippen LogP contribution in [0.1, 0.15) is 17.2 Å². The van der Waals surface area contributed by atoms with Gasteiger partial charge in [-0.2, -0.15) is 0 Å². The predicted octanol–water partition coefficient (Wildman–Crippen LogP) is 3.08. The average molecular weight is 356 g/mol. The lowest BCUT2D eigenvalue weighted by atomic mass is 10.1. The van der Waals surface area contributed by atoms with E-state index in [1.54, 1.807) is 43.2 Å². The maximum Gasteiger partial charge on any atom is 0.323 e. The second-order valence-electron chi connectivity index (χ2n) is 5.59. The number of hydrogen-bond acceptors (Lipinski definition) is 5. The molecule has 0 spiro atoms. The molecule has 0 saturated carbocycles. The predicted molar refractivity (Wildman–Crippen MR) is 99.9 cm³/mol. The number of rotatable bonds is 4. The summed E-state index contributed by atoms with van der Waals surface area (Å²) in [4.78, 5) is 22.6. The lowest BCUT2D eigenvalue weighted by Gasteiger charge is -2.17. The van der Waals surface area contributed by atoms with Gasteiger partial charge in [0.05, 0.1) is 13.2 Å². The van der Waals surface area contributed by atoms with Crippen molar-refractivity contribution in [3.8, 4) is 5.75 Å². The van der Waals surface area contributed by atoms with Crippen molar-refractivity contribution in [2.75, 3.05) is 19.9 Å². The number of carbonyl (C=O) groups excluding carboxylic acids is 1. The number of urea groups is 1. The molecule has 3 rings (SSSR count). The highest BCUT2D eigenvalue weighted by atomic mass is 32.2. The first-order valence-corrected chi connectivity index (χ1v) is 8.91. The first-order valence-electron chi connectivity index (χ1n) is 7.92. The van der Waals surface area contributed by atoms with Crippen molar-refractivity contribution in [2.24, 2.45) is 4.99 Å². The van der Waals surface area contributed by atoms with E-state index in [9.17, 15) is 4.79 Å². The third-order valence-electron chi connectivity index (χ3n) is 3.90. The van der Waals surface area contributed by atoms with Gasteiger partial charge in [0.2, 0.25) is 0 Å². The fourth-order valence-corrected chi connectivity index (χ4v) is 3.52. The zero-order valence-electron chi connectivity index (χ0n) is 14.2. The molecule has 2 aromatic rings. The highest BCUT2D eigenvalue weighted by Crippen LogP contribution is 2.31. The topological polar surface area (TPSA) is 66.8 Å². The van der Waals surface area contributed by atoms with E-state index in [2.05, 4.69) is 15.3 Å². The minimum Gasteiger partial charge on any atom is -0.497 e. The number of nitrogens with zero attached hydrogens (tertiary/aromatic N) is 3. The smallest absolute Gasteiger partial charge is 0.323 e. The molecule has 1 N–H and O–H groups in total. The van der Waals surface area contributed by atoms with Crippen molar-refractivity contribution in [3.05, 3.63) is 59.9 Å². The van der Waals surface area contributed by atoms with Crippen molar-refractivity contribution in [2.45, 2.75) is 12.6 Å². The molecule has 0 bridgehead atoms. The molecule has 1 aliphatic rings. The van der Waals surface area contributed by atoms with Gasteiger partial charge in [-0.25, -0.2) is 4.79 Å². The summed E-state index contributed by atoms with van der Waals surface area (Å²) in [5.74, 6) is 1.60. The van der Waals surface area contributed by atoms with Gasteiger partial charge in [-0.05, 0) is 35.4 Å². The molecule has 7 heteroatoms. The zero-order valence-corrected chi connectivity index (χ0v) is 15.0. The first-order chi connectivity index (χ1) is 12.2. The normalized spacial score (nSPS) is 16.2. The molecule has 25 heavy (non-hydrogen) atoms. The van der Waals surface area contributed by atoms with Gasteiger partial charge in [-0.15, -0.1) is 0 Å². The number of ether oxygens (including phenoxy) is 1. The summed E-state index contributed by atoms with van der Waals surface area (Å²) >= 11 is 1.58. The molecule has 1 aromatic carbocycles. The second kappa shape index (κ2) is 8.02. The van der Waals surface area contributed by atoms with Crippen LogP contribution in [0.3, 0.4) is 0 Å². The fraction of sp³-hybridized carbons (Fsp3) is 0.278. The van der Waals surface area contributed by atoms with Crippen LogP contribution in [0.4, 0.5) is 4.79 Å². The summed E-state index contributed by atoms with van der Waals surface area (Å²) in [5.41, 5.74) is 2.10. The van der Waals surface area contributed by atoms with Crippen LogP contribution in [0, 0.1) is 0 Å². The van der Waals surface area contributed by atoms with Gasteiger partial charge >= 0.3 is 6.03 Å². The number of aromatic nitrogens is 1. The van der Waals surface area contributed by atoms with Gasteiger partial charge in [-0.1, -0.05) is 23.9 Å². The molecule has 0 radical (unpaired) electrons. The third-order valence-corrected chi connectivity index (χ3v) is 5.02. The second-order valence-corrected chi connectivity index (χ2v) is 6.58. The molecular formula is C18H20N4O2S. The maximum atomic E-state index is 12.4. The minimum absolute atomic E-state index is 0.0663. The molecule has 1 aliphatic heterocycles. The molecule has 0 aliphatic carbocycles. The number of benzene rings is 1. The van der Waals surface area contributed by atoms with Crippen molar-refractivity contribution in [3.63, 3.8) is 0 Å². The SMILES string of the molecule is COc1cccc(CNC(=O)N(C)C2=NC(c3ccncc3)CS2)c1. The van der Waals surface area contributed by atoms with Crippen LogP contribution < -0.4 is 10.1 Å². The Morgan fingerprint density at radius 2 is 2.16 bits per heavy atom. The highest BCUT2D eigenvalue weighted by molar-refractivity contribution is 8.14. The maximum absolute atomic E-state index is 12.4. The summed E-state index contributed by atoms with van der Waals surface area (Å²) in [5, 5.41) is 3.64. The van der Waals surface area contributed by atoms with E-state index in [4.69, 9.17) is 4.74 Å². The number of amides is 2. The van der Waals surface area contributed by atoms with Gasteiger partial charge in [0.25, 0.3) is 0 Å². The number of aliphatic imine (C=N–C) groups is 1. The largest absolute Gasteiger partial charge is 0.497 e. The summed E-state index contributed by atoms with van der Waals surface area (Å²) < 4.78 is 5.19. The van der Waals surface area contributed by atoms with Crippen LogP contribution in [0.2, 0.25) is 0 Å². The molecule has 130 valence electrons. The molecule has 0 saturated heterocycles. The Labute approximate surface area is 151 Å². The van der Waals surface area contributed by atoms with E-state index in [0.29, 0.717) is 6.54 Å². The molecule has 2 amide bonds. The van der Waals surface area contributed by atoms with Gasteiger partial charge in [0.1, 0.15) is 5.75 Å². The monoisotopic (exact) mass is 356 g/mol. The van der Waals surface area contributed by atoms with Crippen molar-refractivity contribution in [1.29, 1.82) is 0 Å². The highest BCUT2D eigenvalue weighted by Gasteiger charge is 2.25. The lowest BCUT2D eigenvalue weighted by molar-refractivity contribution is 0.226. The van der Waals surface area contributed by atoms with Crippen LogP contribution >= 0.6 is 11.8 Å². The number of carbonyl (C=O) groups is 1. The Balaban J connectivity index is 1.59. The van der Waals surface area contributed by atoms with Crippen molar-refractivity contribution >= 4 is 23.0 Å². The van der Waals surface area contributed by atoms with Crippen LogP contribution in [0.15, 0.2) is 53.8 Å². The van der Waals surface area contributed by atoms with Crippen molar-refractivity contribution < 1.29 is 9.53 Å². The van der Waals surface area contributed by atoms with Gasteiger partial charge in [0, 0.05) is 31.7 Å². The van der Waals surface area contributed by atoms with Crippen molar-refractivity contribution in [1.82, 2.24) is 15.2 Å². The Morgan fingerprint density at radius 3 is 2.92 bits per heavy atom. The van der Waals surface area contributed by atoms with E-state index in [-0.39, 0.29) is 12.1 Å². The molecular weight excluding hydrogens is 336 g/mol. The third kappa shape index (κ3) is 4.30. The number of thioether (sulfide) groups is 1. The number of hydrogen-bond donors (Lipinski definition) is 1. The minimum atomic E-state index is -0.176. The van der Waals surface area contributed by atoms with Crippen LogP contribution in [0.25, 0.3) is 0 Å². The van der Waals surface area contributed by atoms with Crippen LogP contribution in [-0.2, 0) is 6.54 Å². The molecule has 1 atom stereocenters. The number of nitrogens with one attached hydrogen (secondary N) is 1. The molecule has 1 unspecified atom stereocenters. The van der Waals surface area contributed by atoms with E-state index in [1.165, 1.54) is 0 Å². The Morgan fingerprint density at radius 1 is 1.36 bits per heavy atom. The van der Waals surface area contributed by atoms with Gasteiger partial charge in [-0.3, -0.25) is 14.9 Å². The average Bonchev–Trinajstić information content (AvgIpc) is 3.16. The molecule has 2 heterocycles. The van der Waals surface area contributed by atoms with E-state index < -0.39 is 0 Å². The first kappa shape index (κ1) is 17.3. The van der Waals surface area contributed by atoms with E-state index in [0.717, 1.165) is 27.8 Å². The Bertz CT molecular complexity index is 767. The standard InChI is InChI=1S/C18H20N4O2S/c1-22(17(23)20-11-13-4-3-5-15(10-13)24-2)18-21-16(12-25-18)14-6-8-19-9-7-14/h3-10,16H,11-12H2,1-2H3,(H,20,23).